The second-order valence-corrected chi connectivity index (χ2v) is 6.02. The molecule has 1 aliphatic rings. The van der Waals surface area contributed by atoms with Crippen LogP contribution in [0.4, 0.5) is 5.69 Å². The van der Waals surface area contributed by atoms with Crippen LogP contribution in [0.2, 0.25) is 10.0 Å². The van der Waals surface area contributed by atoms with E-state index in [2.05, 4.69) is 21.2 Å². The third-order valence-corrected chi connectivity index (χ3v) is 4.97. The fourth-order valence-corrected chi connectivity index (χ4v) is 2.98. The molecule has 18 heavy (non-hydrogen) atoms. The average Bonchev–Trinajstić information content (AvgIpc) is 2.76. The second kappa shape index (κ2) is 5.78. The zero-order valence-corrected chi connectivity index (χ0v) is 12.6. The summed E-state index contributed by atoms with van der Waals surface area (Å²) in [5.74, 6) is -0.219. The number of nitrogens with one attached hydrogen (secondary N) is 1. The van der Waals surface area contributed by atoms with E-state index in [1.54, 1.807) is 12.1 Å². The van der Waals surface area contributed by atoms with Gasteiger partial charge < -0.3 is 11.1 Å². The summed E-state index contributed by atoms with van der Waals surface area (Å²) in [7, 11) is 0. The molecular formula is C12H13BrCl2N2O. The minimum atomic E-state index is -0.136. The number of hydrogen-bond acceptors (Lipinski definition) is 2. The Bertz CT molecular complexity index is 481. The summed E-state index contributed by atoms with van der Waals surface area (Å²) in [6.45, 7) is 0. The largest absolute Gasteiger partial charge is 0.327 e. The predicted molar refractivity (Wildman–Crippen MR) is 78.1 cm³/mol. The molecule has 6 heteroatoms. The smallest absolute Gasteiger partial charge is 0.229 e. The Hall–Kier alpha value is -0.290. The first-order chi connectivity index (χ1) is 8.50. The molecule has 3 N–H and O–H groups in total. The first-order valence-corrected chi connectivity index (χ1v) is 7.25. The molecule has 0 heterocycles. The molecule has 2 unspecified atom stereocenters. The third-order valence-electron chi connectivity index (χ3n) is 3.20. The van der Waals surface area contributed by atoms with Crippen molar-refractivity contribution in [3.63, 3.8) is 0 Å². The summed E-state index contributed by atoms with van der Waals surface area (Å²) < 4.78 is 0.699. The SMILES string of the molecule is NC1CCCC1C(=O)Nc1ccc(Br)c(Cl)c1Cl. The van der Waals surface area contributed by atoms with Crippen molar-refractivity contribution in [1.82, 2.24) is 0 Å². The highest BCUT2D eigenvalue weighted by atomic mass is 79.9. The molecule has 0 aromatic heterocycles. The van der Waals surface area contributed by atoms with Crippen LogP contribution in [0.25, 0.3) is 0 Å². The van der Waals surface area contributed by atoms with Gasteiger partial charge in [-0.3, -0.25) is 4.79 Å². The van der Waals surface area contributed by atoms with Gasteiger partial charge in [0, 0.05) is 10.5 Å². The summed E-state index contributed by atoms with van der Waals surface area (Å²) >= 11 is 15.4. The third kappa shape index (κ3) is 2.82. The molecule has 2 atom stereocenters. The number of carbonyl (C=O) groups excluding carboxylic acids is 1. The van der Waals surface area contributed by atoms with Crippen molar-refractivity contribution in [1.29, 1.82) is 0 Å². The van der Waals surface area contributed by atoms with Gasteiger partial charge >= 0.3 is 0 Å². The first kappa shape index (κ1) is 14.1. The maximum absolute atomic E-state index is 12.1. The minimum Gasteiger partial charge on any atom is -0.327 e. The Morgan fingerprint density at radius 1 is 1.33 bits per heavy atom. The van der Waals surface area contributed by atoms with Gasteiger partial charge in [0.15, 0.2) is 0 Å². The second-order valence-electron chi connectivity index (χ2n) is 4.41. The van der Waals surface area contributed by atoms with E-state index in [1.165, 1.54) is 0 Å². The topological polar surface area (TPSA) is 55.1 Å². The Labute approximate surface area is 124 Å². The molecule has 0 saturated heterocycles. The van der Waals surface area contributed by atoms with Crippen LogP contribution in [-0.4, -0.2) is 11.9 Å². The van der Waals surface area contributed by atoms with E-state index in [0.29, 0.717) is 20.2 Å². The normalized spacial score (nSPS) is 23.1. The molecule has 1 saturated carbocycles. The molecular weight excluding hydrogens is 339 g/mol. The number of anilines is 1. The van der Waals surface area contributed by atoms with E-state index in [9.17, 15) is 4.79 Å². The maximum Gasteiger partial charge on any atom is 0.229 e. The number of rotatable bonds is 2. The van der Waals surface area contributed by atoms with Crippen molar-refractivity contribution in [3.05, 3.63) is 26.7 Å². The lowest BCUT2D eigenvalue weighted by molar-refractivity contribution is -0.120. The summed E-state index contributed by atoms with van der Waals surface area (Å²) in [5, 5.41) is 3.53. The Morgan fingerprint density at radius 2 is 2.06 bits per heavy atom. The van der Waals surface area contributed by atoms with Crippen LogP contribution in [0.15, 0.2) is 16.6 Å². The number of carbonyl (C=O) groups is 1. The van der Waals surface area contributed by atoms with Crippen LogP contribution in [0.3, 0.4) is 0 Å². The van der Waals surface area contributed by atoms with Crippen molar-refractivity contribution < 1.29 is 4.79 Å². The number of amides is 1. The lowest BCUT2D eigenvalue weighted by Gasteiger charge is -2.16. The molecule has 1 aliphatic carbocycles. The van der Waals surface area contributed by atoms with Crippen molar-refractivity contribution in [2.45, 2.75) is 25.3 Å². The summed E-state index contributed by atoms with van der Waals surface area (Å²) in [4.78, 5) is 12.1. The Kier molecular flexibility index (Phi) is 4.54. The zero-order chi connectivity index (χ0) is 13.3. The van der Waals surface area contributed by atoms with E-state index in [0.717, 1.165) is 19.3 Å². The van der Waals surface area contributed by atoms with Crippen LogP contribution >= 0.6 is 39.1 Å². The highest BCUT2D eigenvalue weighted by Gasteiger charge is 2.30. The van der Waals surface area contributed by atoms with Gasteiger partial charge in [0.25, 0.3) is 0 Å². The van der Waals surface area contributed by atoms with Crippen molar-refractivity contribution in [3.8, 4) is 0 Å². The number of nitrogens with two attached hydrogens (primary N) is 1. The zero-order valence-electron chi connectivity index (χ0n) is 9.55. The molecule has 1 aromatic rings. The molecule has 0 aliphatic heterocycles. The van der Waals surface area contributed by atoms with Crippen molar-refractivity contribution >= 4 is 50.7 Å². The van der Waals surface area contributed by atoms with Crippen LogP contribution in [-0.2, 0) is 4.79 Å². The molecule has 0 spiro atoms. The molecule has 98 valence electrons. The van der Waals surface area contributed by atoms with Crippen LogP contribution in [0.5, 0.6) is 0 Å². The van der Waals surface area contributed by atoms with E-state index in [4.69, 9.17) is 28.9 Å². The Morgan fingerprint density at radius 3 is 2.67 bits per heavy atom. The molecule has 1 fully saturated rings. The van der Waals surface area contributed by atoms with E-state index >= 15 is 0 Å². The molecule has 1 aromatic carbocycles. The number of hydrogen-bond donors (Lipinski definition) is 2. The summed E-state index contributed by atoms with van der Waals surface area (Å²) in [6, 6.07) is 3.41. The highest BCUT2D eigenvalue weighted by Crippen LogP contribution is 2.36. The fraction of sp³-hybridized carbons (Fsp3) is 0.417. The first-order valence-electron chi connectivity index (χ1n) is 5.70. The van der Waals surface area contributed by atoms with Gasteiger partial charge in [-0.05, 0) is 40.9 Å². The molecule has 1 amide bonds. The number of halogens is 3. The highest BCUT2D eigenvalue weighted by molar-refractivity contribution is 9.10. The Balaban J connectivity index is 2.14. The molecule has 0 radical (unpaired) electrons. The quantitative estimate of drug-likeness (QED) is 0.795. The van der Waals surface area contributed by atoms with E-state index in [1.807, 2.05) is 0 Å². The number of benzene rings is 1. The van der Waals surface area contributed by atoms with Gasteiger partial charge in [0.05, 0.1) is 21.7 Å². The summed E-state index contributed by atoms with van der Waals surface area (Å²) in [6.07, 6.45) is 2.72. The van der Waals surface area contributed by atoms with Gasteiger partial charge in [-0.25, -0.2) is 0 Å². The van der Waals surface area contributed by atoms with E-state index < -0.39 is 0 Å². The molecule has 0 bridgehead atoms. The maximum atomic E-state index is 12.1. The van der Waals surface area contributed by atoms with Crippen molar-refractivity contribution in [2.75, 3.05) is 5.32 Å². The van der Waals surface area contributed by atoms with Crippen LogP contribution in [0, 0.1) is 5.92 Å². The van der Waals surface area contributed by atoms with Crippen LogP contribution < -0.4 is 11.1 Å². The fourth-order valence-electron chi connectivity index (χ4n) is 2.16. The average molecular weight is 352 g/mol. The van der Waals surface area contributed by atoms with Gasteiger partial charge in [0.2, 0.25) is 5.91 Å². The van der Waals surface area contributed by atoms with Gasteiger partial charge in [-0.15, -0.1) is 0 Å². The van der Waals surface area contributed by atoms with Gasteiger partial charge in [-0.1, -0.05) is 29.6 Å². The van der Waals surface area contributed by atoms with Gasteiger partial charge in [-0.2, -0.15) is 0 Å². The predicted octanol–water partition coefficient (Wildman–Crippen LogP) is 3.82. The monoisotopic (exact) mass is 350 g/mol. The standard InChI is InChI=1S/C12H13BrCl2N2O/c13-7-4-5-9(11(15)10(7)14)17-12(18)6-2-1-3-8(6)16/h4-6,8H,1-3,16H2,(H,17,18). The lowest BCUT2D eigenvalue weighted by Crippen LogP contribution is -2.34. The lowest BCUT2D eigenvalue weighted by atomic mass is 10.0. The molecule has 3 nitrogen and oxygen atoms in total. The summed E-state index contributed by atoms with van der Waals surface area (Å²) in [5.41, 5.74) is 6.42. The minimum absolute atomic E-state index is 0.0605. The molecule has 2 rings (SSSR count). The van der Waals surface area contributed by atoms with E-state index in [-0.39, 0.29) is 17.9 Å². The van der Waals surface area contributed by atoms with Crippen LogP contribution in [0.1, 0.15) is 19.3 Å². The van der Waals surface area contributed by atoms with Crippen molar-refractivity contribution in [2.24, 2.45) is 11.7 Å². The van der Waals surface area contributed by atoms with Gasteiger partial charge in [0.1, 0.15) is 0 Å².